The van der Waals surface area contributed by atoms with Crippen molar-refractivity contribution in [2.75, 3.05) is 6.54 Å². The highest BCUT2D eigenvalue weighted by Gasteiger charge is 2.18. The maximum atomic E-state index is 11.6. The molecule has 1 aromatic rings. The van der Waals surface area contributed by atoms with Gasteiger partial charge in [0.05, 0.1) is 0 Å². The lowest BCUT2D eigenvalue weighted by molar-refractivity contribution is 0.236. The molecule has 0 bridgehead atoms. The van der Waals surface area contributed by atoms with Crippen molar-refractivity contribution < 1.29 is 17.9 Å². The number of aliphatic hydroxyl groups is 1. The summed E-state index contributed by atoms with van der Waals surface area (Å²) in [5, 5.41) is 8.57. The fourth-order valence-electron chi connectivity index (χ4n) is 0.935. The summed E-state index contributed by atoms with van der Waals surface area (Å²) >= 11 is 0. The van der Waals surface area contributed by atoms with Crippen LogP contribution in [0.4, 0.5) is 0 Å². The molecular weight excluding hydrogens is 218 g/mol. The van der Waals surface area contributed by atoms with Crippen LogP contribution < -0.4 is 4.72 Å². The minimum absolute atomic E-state index is 0.160. The smallest absolute Gasteiger partial charge is 0.273 e. The molecule has 1 rings (SSSR count). The van der Waals surface area contributed by atoms with Crippen LogP contribution in [0.2, 0.25) is 0 Å². The second-order valence-corrected chi connectivity index (χ2v) is 5.32. The Balaban J connectivity index is 2.77. The van der Waals surface area contributed by atoms with Crippen LogP contribution in [0, 0.1) is 5.92 Å². The van der Waals surface area contributed by atoms with Crippen molar-refractivity contribution in [3.05, 3.63) is 17.9 Å². The van der Waals surface area contributed by atoms with Gasteiger partial charge in [-0.1, -0.05) is 13.8 Å². The Hall–Kier alpha value is -0.850. The van der Waals surface area contributed by atoms with Crippen LogP contribution in [-0.2, 0) is 16.6 Å². The van der Waals surface area contributed by atoms with E-state index in [0.717, 1.165) is 0 Å². The zero-order valence-electron chi connectivity index (χ0n) is 8.73. The SMILES string of the molecule is CC(C)CNS(=O)(=O)c1ccc(CO)o1. The van der Waals surface area contributed by atoms with Gasteiger partial charge in [0.1, 0.15) is 12.4 Å². The molecule has 0 spiro atoms. The van der Waals surface area contributed by atoms with E-state index < -0.39 is 10.0 Å². The molecule has 1 aromatic heterocycles. The molecule has 0 amide bonds. The van der Waals surface area contributed by atoms with E-state index in [1.807, 2.05) is 13.8 Å². The lowest BCUT2D eigenvalue weighted by atomic mass is 10.2. The fraction of sp³-hybridized carbons (Fsp3) is 0.556. The van der Waals surface area contributed by atoms with Gasteiger partial charge in [0.15, 0.2) is 0 Å². The van der Waals surface area contributed by atoms with E-state index in [1.54, 1.807) is 0 Å². The third kappa shape index (κ3) is 3.33. The zero-order chi connectivity index (χ0) is 11.5. The predicted octanol–water partition coefficient (Wildman–Crippen LogP) is 0.706. The number of hydrogen-bond acceptors (Lipinski definition) is 4. The standard InChI is InChI=1S/C9H15NO4S/c1-7(2)5-10-15(12,13)9-4-3-8(6-11)14-9/h3-4,7,10-11H,5-6H2,1-2H3. The number of rotatable bonds is 5. The van der Waals surface area contributed by atoms with E-state index >= 15 is 0 Å². The van der Waals surface area contributed by atoms with Crippen LogP contribution in [0.15, 0.2) is 21.6 Å². The Morgan fingerprint density at radius 1 is 1.47 bits per heavy atom. The average molecular weight is 233 g/mol. The normalized spacial score (nSPS) is 12.3. The van der Waals surface area contributed by atoms with E-state index in [1.165, 1.54) is 12.1 Å². The van der Waals surface area contributed by atoms with Crippen molar-refractivity contribution >= 4 is 10.0 Å². The summed E-state index contributed by atoms with van der Waals surface area (Å²) < 4.78 is 30.5. The van der Waals surface area contributed by atoms with E-state index in [4.69, 9.17) is 9.52 Å². The molecule has 0 saturated heterocycles. The molecular formula is C9H15NO4S. The lowest BCUT2D eigenvalue weighted by Crippen LogP contribution is -2.27. The van der Waals surface area contributed by atoms with Crippen molar-refractivity contribution in [2.45, 2.75) is 25.5 Å². The Kier molecular flexibility index (Phi) is 3.90. The van der Waals surface area contributed by atoms with Crippen LogP contribution in [0.5, 0.6) is 0 Å². The summed E-state index contributed by atoms with van der Waals surface area (Å²) in [6.07, 6.45) is 0. The van der Waals surface area contributed by atoms with Gasteiger partial charge in [0.25, 0.3) is 10.0 Å². The van der Waals surface area contributed by atoms with Crippen LogP contribution >= 0.6 is 0 Å². The molecule has 0 aliphatic rings. The Bertz CT molecular complexity index is 408. The van der Waals surface area contributed by atoms with E-state index in [2.05, 4.69) is 4.72 Å². The summed E-state index contributed by atoms with van der Waals surface area (Å²) in [6.45, 7) is 3.87. The highest BCUT2D eigenvalue weighted by Crippen LogP contribution is 2.13. The summed E-state index contributed by atoms with van der Waals surface area (Å²) in [5.41, 5.74) is 0. The van der Waals surface area contributed by atoms with Gasteiger partial charge in [-0.15, -0.1) is 0 Å². The zero-order valence-corrected chi connectivity index (χ0v) is 9.54. The summed E-state index contributed by atoms with van der Waals surface area (Å²) in [6, 6.07) is 2.76. The van der Waals surface area contributed by atoms with Gasteiger partial charge in [0.2, 0.25) is 5.09 Å². The second-order valence-electron chi connectivity index (χ2n) is 3.62. The minimum Gasteiger partial charge on any atom is -0.446 e. The maximum absolute atomic E-state index is 11.6. The van der Waals surface area contributed by atoms with E-state index in [0.29, 0.717) is 6.54 Å². The molecule has 1 heterocycles. The molecule has 0 unspecified atom stereocenters. The highest BCUT2D eigenvalue weighted by atomic mass is 32.2. The number of aliphatic hydroxyl groups excluding tert-OH is 1. The van der Waals surface area contributed by atoms with Crippen molar-refractivity contribution in [3.8, 4) is 0 Å². The number of hydrogen-bond donors (Lipinski definition) is 2. The molecule has 0 atom stereocenters. The van der Waals surface area contributed by atoms with Crippen LogP contribution in [-0.4, -0.2) is 20.1 Å². The molecule has 5 nitrogen and oxygen atoms in total. The van der Waals surface area contributed by atoms with Crippen molar-refractivity contribution in [2.24, 2.45) is 5.92 Å². The molecule has 0 fully saturated rings. The third-order valence-corrected chi connectivity index (χ3v) is 3.04. The van der Waals surface area contributed by atoms with Gasteiger partial charge in [0, 0.05) is 6.54 Å². The lowest BCUT2D eigenvalue weighted by Gasteiger charge is -2.06. The summed E-state index contributed by atoms with van der Waals surface area (Å²) in [7, 11) is -3.57. The Morgan fingerprint density at radius 2 is 2.13 bits per heavy atom. The topological polar surface area (TPSA) is 79.5 Å². The monoisotopic (exact) mass is 233 g/mol. The van der Waals surface area contributed by atoms with Gasteiger partial charge in [-0.2, -0.15) is 0 Å². The predicted molar refractivity (Wildman–Crippen MR) is 54.7 cm³/mol. The molecule has 0 saturated carbocycles. The fourth-order valence-corrected chi connectivity index (χ4v) is 2.09. The first-order valence-electron chi connectivity index (χ1n) is 4.65. The van der Waals surface area contributed by atoms with Crippen molar-refractivity contribution in [1.29, 1.82) is 0 Å². The van der Waals surface area contributed by atoms with Crippen molar-refractivity contribution in [1.82, 2.24) is 4.72 Å². The molecule has 15 heavy (non-hydrogen) atoms. The summed E-state index contributed by atoms with van der Waals surface area (Å²) in [4.78, 5) is 0. The highest BCUT2D eigenvalue weighted by molar-refractivity contribution is 7.89. The molecule has 0 aromatic carbocycles. The minimum atomic E-state index is -3.57. The molecule has 0 aliphatic carbocycles. The van der Waals surface area contributed by atoms with Gasteiger partial charge >= 0.3 is 0 Å². The number of furan rings is 1. The van der Waals surface area contributed by atoms with Gasteiger partial charge in [-0.05, 0) is 18.1 Å². The average Bonchev–Trinajstić information content (AvgIpc) is 2.63. The van der Waals surface area contributed by atoms with E-state index in [-0.39, 0.29) is 23.4 Å². The molecule has 86 valence electrons. The van der Waals surface area contributed by atoms with Crippen LogP contribution in [0.1, 0.15) is 19.6 Å². The largest absolute Gasteiger partial charge is 0.446 e. The number of sulfonamides is 1. The molecule has 0 aliphatic heterocycles. The second kappa shape index (κ2) is 4.78. The third-order valence-electron chi connectivity index (χ3n) is 1.74. The number of nitrogens with one attached hydrogen (secondary N) is 1. The van der Waals surface area contributed by atoms with Crippen LogP contribution in [0.25, 0.3) is 0 Å². The van der Waals surface area contributed by atoms with Gasteiger partial charge < -0.3 is 9.52 Å². The Morgan fingerprint density at radius 3 is 2.60 bits per heavy atom. The van der Waals surface area contributed by atoms with Gasteiger partial charge in [-0.25, -0.2) is 13.1 Å². The maximum Gasteiger partial charge on any atom is 0.273 e. The van der Waals surface area contributed by atoms with E-state index in [9.17, 15) is 8.42 Å². The quantitative estimate of drug-likeness (QED) is 0.784. The van der Waals surface area contributed by atoms with Gasteiger partial charge in [-0.3, -0.25) is 0 Å². The van der Waals surface area contributed by atoms with Crippen molar-refractivity contribution in [3.63, 3.8) is 0 Å². The first-order chi connectivity index (χ1) is 6.95. The molecule has 6 heteroatoms. The molecule has 2 N–H and O–H groups in total. The Labute approximate surface area is 89.2 Å². The first kappa shape index (κ1) is 12.2. The van der Waals surface area contributed by atoms with Crippen LogP contribution in [0.3, 0.4) is 0 Å². The summed E-state index contributed by atoms with van der Waals surface area (Å²) in [5.74, 6) is 0.465. The first-order valence-corrected chi connectivity index (χ1v) is 6.13. The molecule has 0 radical (unpaired) electrons.